The molecule has 1 aliphatic heterocycles. The molecular formula is C17H23N5O2. The van der Waals surface area contributed by atoms with Crippen LogP contribution < -0.4 is 5.32 Å². The van der Waals surface area contributed by atoms with Gasteiger partial charge in [-0.15, -0.1) is 10.2 Å². The van der Waals surface area contributed by atoms with Crippen molar-refractivity contribution in [1.82, 2.24) is 20.1 Å². The lowest BCUT2D eigenvalue weighted by atomic mass is 9.96. The zero-order valence-corrected chi connectivity index (χ0v) is 14.3. The second kappa shape index (κ2) is 7.09. The SMILES string of the molecule is Cc1ccc(NC(=O)[C@H]2CCCN([C@@H](C)c3nnc(C)o3)C2)nc1. The molecule has 128 valence electrons. The van der Waals surface area contributed by atoms with Gasteiger partial charge in [-0.05, 0) is 44.9 Å². The maximum atomic E-state index is 12.5. The summed E-state index contributed by atoms with van der Waals surface area (Å²) < 4.78 is 5.53. The Morgan fingerprint density at radius 1 is 1.38 bits per heavy atom. The Hall–Kier alpha value is -2.28. The predicted octanol–water partition coefficient (Wildman–Crippen LogP) is 2.49. The van der Waals surface area contributed by atoms with Crippen LogP contribution in [0.5, 0.6) is 0 Å². The molecule has 1 amide bonds. The van der Waals surface area contributed by atoms with E-state index in [-0.39, 0.29) is 17.9 Å². The third-order valence-electron chi connectivity index (χ3n) is 4.43. The first-order valence-corrected chi connectivity index (χ1v) is 8.30. The van der Waals surface area contributed by atoms with E-state index in [1.807, 2.05) is 26.0 Å². The molecule has 1 saturated heterocycles. The molecule has 2 aromatic heterocycles. The third kappa shape index (κ3) is 3.79. The van der Waals surface area contributed by atoms with Crippen LogP contribution in [-0.2, 0) is 4.79 Å². The number of aromatic nitrogens is 3. The number of anilines is 1. The van der Waals surface area contributed by atoms with Crippen molar-refractivity contribution in [1.29, 1.82) is 0 Å². The number of aryl methyl sites for hydroxylation is 2. The average Bonchev–Trinajstić information content (AvgIpc) is 3.03. The van der Waals surface area contributed by atoms with E-state index in [2.05, 4.69) is 25.4 Å². The highest BCUT2D eigenvalue weighted by Gasteiger charge is 2.30. The van der Waals surface area contributed by atoms with Gasteiger partial charge in [0.1, 0.15) is 5.82 Å². The number of nitrogens with one attached hydrogen (secondary N) is 1. The van der Waals surface area contributed by atoms with Crippen molar-refractivity contribution in [2.45, 2.75) is 39.7 Å². The number of likely N-dealkylation sites (tertiary alicyclic amines) is 1. The molecule has 7 heteroatoms. The van der Waals surface area contributed by atoms with Gasteiger partial charge in [-0.25, -0.2) is 4.98 Å². The fraction of sp³-hybridized carbons (Fsp3) is 0.529. The van der Waals surface area contributed by atoms with Crippen molar-refractivity contribution < 1.29 is 9.21 Å². The molecule has 2 aromatic rings. The minimum atomic E-state index is -0.0617. The summed E-state index contributed by atoms with van der Waals surface area (Å²) in [6.07, 6.45) is 3.60. The Morgan fingerprint density at radius 3 is 2.88 bits per heavy atom. The maximum Gasteiger partial charge on any atom is 0.233 e. The van der Waals surface area contributed by atoms with Crippen LogP contribution in [0.15, 0.2) is 22.7 Å². The molecule has 0 aromatic carbocycles. The van der Waals surface area contributed by atoms with Crippen LogP contribution in [0.3, 0.4) is 0 Å². The van der Waals surface area contributed by atoms with E-state index in [0.29, 0.717) is 24.1 Å². The van der Waals surface area contributed by atoms with Crippen molar-refractivity contribution in [3.8, 4) is 0 Å². The number of hydrogen-bond donors (Lipinski definition) is 1. The average molecular weight is 329 g/mol. The minimum Gasteiger partial charge on any atom is -0.424 e. The zero-order chi connectivity index (χ0) is 17.1. The molecule has 0 spiro atoms. The summed E-state index contributed by atoms with van der Waals surface area (Å²) in [5, 5.41) is 10.9. The summed E-state index contributed by atoms with van der Waals surface area (Å²) in [6.45, 7) is 7.40. The van der Waals surface area contributed by atoms with E-state index in [0.717, 1.165) is 24.9 Å². The Morgan fingerprint density at radius 2 is 2.21 bits per heavy atom. The van der Waals surface area contributed by atoms with Gasteiger partial charge < -0.3 is 9.73 Å². The topological polar surface area (TPSA) is 84.2 Å². The van der Waals surface area contributed by atoms with E-state index in [9.17, 15) is 4.79 Å². The van der Waals surface area contributed by atoms with Gasteiger partial charge in [-0.2, -0.15) is 0 Å². The van der Waals surface area contributed by atoms with E-state index < -0.39 is 0 Å². The second-order valence-electron chi connectivity index (χ2n) is 6.38. The van der Waals surface area contributed by atoms with E-state index >= 15 is 0 Å². The highest BCUT2D eigenvalue weighted by Crippen LogP contribution is 2.26. The number of nitrogens with zero attached hydrogens (tertiary/aromatic N) is 4. The summed E-state index contributed by atoms with van der Waals surface area (Å²) in [5.41, 5.74) is 1.07. The van der Waals surface area contributed by atoms with Gasteiger partial charge in [0.25, 0.3) is 0 Å². The standard InChI is InChI=1S/C17H23N5O2/c1-11-6-7-15(18-9-11)19-16(23)14-5-4-8-22(10-14)12(2)17-21-20-13(3)24-17/h6-7,9,12,14H,4-5,8,10H2,1-3H3,(H,18,19,23)/t12-,14-/m0/s1. The molecular weight excluding hydrogens is 306 g/mol. The molecule has 0 aliphatic carbocycles. The first kappa shape index (κ1) is 16.6. The monoisotopic (exact) mass is 329 g/mol. The van der Waals surface area contributed by atoms with Gasteiger partial charge in [-0.1, -0.05) is 6.07 Å². The van der Waals surface area contributed by atoms with Crippen LogP contribution in [0.1, 0.15) is 43.2 Å². The first-order valence-electron chi connectivity index (χ1n) is 8.30. The van der Waals surface area contributed by atoms with Gasteiger partial charge in [0, 0.05) is 19.7 Å². The quantitative estimate of drug-likeness (QED) is 0.928. The van der Waals surface area contributed by atoms with Crippen molar-refractivity contribution in [2.75, 3.05) is 18.4 Å². The molecule has 0 unspecified atom stereocenters. The number of pyridine rings is 1. The van der Waals surface area contributed by atoms with Gasteiger partial charge >= 0.3 is 0 Å². The molecule has 1 N–H and O–H groups in total. The Kier molecular flexibility index (Phi) is 4.89. The van der Waals surface area contributed by atoms with Crippen molar-refractivity contribution in [3.05, 3.63) is 35.7 Å². The lowest BCUT2D eigenvalue weighted by molar-refractivity contribution is -0.121. The normalized spacial score (nSPS) is 19.9. The molecule has 0 radical (unpaired) electrons. The maximum absolute atomic E-state index is 12.5. The number of carbonyl (C=O) groups excluding carboxylic acids is 1. The lowest BCUT2D eigenvalue weighted by Gasteiger charge is -2.34. The highest BCUT2D eigenvalue weighted by molar-refractivity contribution is 5.91. The third-order valence-corrected chi connectivity index (χ3v) is 4.43. The summed E-state index contributed by atoms with van der Waals surface area (Å²) in [4.78, 5) is 19.0. The Balaban J connectivity index is 1.62. The van der Waals surface area contributed by atoms with Crippen molar-refractivity contribution >= 4 is 11.7 Å². The lowest BCUT2D eigenvalue weighted by Crippen LogP contribution is -2.42. The van der Waals surface area contributed by atoms with E-state index in [1.54, 1.807) is 13.1 Å². The fourth-order valence-corrected chi connectivity index (χ4v) is 2.98. The molecule has 1 aliphatic rings. The second-order valence-corrected chi connectivity index (χ2v) is 6.38. The number of amides is 1. The number of carbonyl (C=O) groups is 1. The molecule has 3 heterocycles. The predicted molar refractivity (Wildman–Crippen MR) is 89.4 cm³/mol. The van der Waals surface area contributed by atoms with Crippen LogP contribution in [0.4, 0.5) is 5.82 Å². The van der Waals surface area contributed by atoms with Gasteiger partial charge in [0.05, 0.1) is 12.0 Å². The Labute approximate surface area is 141 Å². The van der Waals surface area contributed by atoms with Crippen molar-refractivity contribution in [2.24, 2.45) is 5.92 Å². The van der Waals surface area contributed by atoms with Gasteiger partial charge in [0.2, 0.25) is 17.7 Å². The van der Waals surface area contributed by atoms with Gasteiger partial charge in [0.15, 0.2) is 0 Å². The van der Waals surface area contributed by atoms with Crippen LogP contribution >= 0.6 is 0 Å². The molecule has 2 atom stereocenters. The van der Waals surface area contributed by atoms with Gasteiger partial charge in [-0.3, -0.25) is 9.69 Å². The summed E-state index contributed by atoms with van der Waals surface area (Å²) >= 11 is 0. The number of piperidine rings is 1. The van der Waals surface area contributed by atoms with Crippen LogP contribution in [0.25, 0.3) is 0 Å². The summed E-state index contributed by atoms with van der Waals surface area (Å²) in [7, 11) is 0. The molecule has 0 saturated carbocycles. The molecule has 7 nitrogen and oxygen atoms in total. The van der Waals surface area contributed by atoms with Crippen LogP contribution in [-0.4, -0.2) is 39.1 Å². The summed E-state index contributed by atoms with van der Waals surface area (Å²) in [5.74, 6) is 1.73. The number of hydrogen-bond acceptors (Lipinski definition) is 6. The van der Waals surface area contributed by atoms with Crippen molar-refractivity contribution in [3.63, 3.8) is 0 Å². The summed E-state index contributed by atoms with van der Waals surface area (Å²) in [6, 6.07) is 3.78. The van der Waals surface area contributed by atoms with Crippen LogP contribution in [0.2, 0.25) is 0 Å². The highest BCUT2D eigenvalue weighted by atomic mass is 16.4. The first-order chi connectivity index (χ1) is 11.5. The largest absolute Gasteiger partial charge is 0.424 e. The smallest absolute Gasteiger partial charge is 0.233 e. The van der Waals surface area contributed by atoms with Crippen LogP contribution in [0, 0.1) is 19.8 Å². The van der Waals surface area contributed by atoms with E-state index in [1.165, 1.54) is 0 Å². The zero-order valence-electron chi connectivity index (χ0n) is 14.3. The molecule has 0 bridgehead atoms. The van der Waals surface area contributed by atoms with E-state index in [4.69, 9.17) is 4.42 Å². The molecule has 3 rings (SSSR count). The fourth-order valence-electron chi connectivity index (χ4n) is 2.98. The molecule has 24 heavy (non-hydrogen) atoms. The molecule has 1 fully saturated rings. The number of rotatable bonds is 4. The minimum absolute atomic E-state index is 0.0132. The Bertz CT molecular complexity index is 697.